The molecule has 0 unspecified atom stereocenters. The number of aryl methyl sites for hydroxylation is 1. The van der Waals surface area contributed by atoms with Gasteiger partial charge in [0.05, 0.1) is 16.8 Å². The molecule has 6 heteroatoms. The smallest absolute Gasteiger partial charge is 0.266 e. The summed E-state index contributed by atoms with van der Waals surface area (Å²) in [5.74, 6) is 0.292. The number of carbonyl (C=O) groups is 1. The van der Waals surface area contributed by atoms with Crippen LogP contribution in [-0.2, 0) is 4.79 Å². The van der Waals surface area contributed by atoms with Crippen LogP contribution in [0.25, 0.3) is 26.9 Å². The van der Waals surface area contributed by atoms with E-state index in [2.05, 4.69) is 24.4 Å². The van der Waals surface area contributed by atoms with Crippen molar-refractivity contribution < 1.29 is 9.53 Å². The van der Waals surface area contributed by atoms with Gasteiger partial charge in [-0.25, -0.2) is 4.98 Å². The van der Waals surface area contributed by atoms with Crippen molar-refractivity contribution in [2.24, 2.45) is 0 Å². The first kappa shape index (κ1) is 21.3. The average molecular weight is 440 g/mol. The highest BCUT2D eigenvalue weighted by Crippen LogP contribution is 2.31. The van der Waals surface area contributed by atoms with Crippen molar-refractivity contribution in [3.8, 4) is 22.4 Å². The van der Waals surface area contributed by atoms with E-state index in [4.69, 9.17) is 9.72 Å². The zero-order chi connectivity index (χ0) is 22.5. The van der Waals surface area contributed by atoms with Crippen LogP contribution in [0.5, 0.6) is 5.75 Å². The maximum Gasteiger partial charge on any atom is 0.266 e. The highest BCUT2D eigenvalue weighted by atomic mass is 32.1. The van der Waals surface area contributed by atoms with E-state index >= 15 is 0 Å². The first-order chi connectivity index (χ1) is 15.6. The minimum absolute atomic E-state index is 0.0276. The number of carbonyl (C=O) groups excluding carboxylic acids is 1. The van der Waals surface area contributed by atoms with Crippen LogP contribution in [-0.4, -0.2) is 17.5 Å². The summed E-state index contributed by atoms with van der Waals surface area (Å²) in [6.45, 7) is 4.56. The lowest BCUT2D eigenvalue weighted by Crippen LogP contribution is -2.13. The Morgan fingerprint density at radius 2 is 1.88 bits per heavy atom. The molecule has 5 nitrogen and oxygen atoms in total. The largest absolute Gasteiger partial charge is 0.494 e. The van der Waals surface area contributed by atoms with Gasteiger partial charge in [0.2, 0.25) is 0 Å². The summed E-state index contributed by atoms with van der Waals surface area (Å²) < 4.78 is 6.56. The molecule has 0 saturated heterocycles. The fourth-order valence-electron chi connectivity index (χ4n) is 3.19. The molecule has 4 rings (SSSR count). The monoisotopic (exact) mass is 439 g/mol. The summed E-state index contributed by atoms with van der Waals surface area (Å²) in [6.07, 6.45) is 1.56. The van der Waals surface area contributed by atoms with Crippen molar-refractivity contribution in [1.29, 1.82) is 5.26 Å². The third-order valence-corrected chi connectivity index (χ3v) is 5.87. The molecule has 0 radical (unpaired) electrons. The van der Waals surface area contributed by atoms with E-state index < -0.39 is 5.91 Å². The summed E-state index contributed by atoms with van der Waals surface area (Å²) in [5, 5.41) is 13.2. The average Bonchev–Trinajstić information content (AvgIpc) is 3.22. The third kappa shape index (κ3) is 4.85. The third-order valence-electron chi connectivity index (χ3n) is 4.80. The van der Waals surface area contributed by atoms with Crippen LogP contribution in [0.15, 0.2) is 72.3 Å². The van der Waals surface area contributed by atoms with Crippen LogP contribution >= 0.6 is 11.3 Å². The minimum Gasteiger partial charge on any atom is -0.494 e. The van der Waals surface area contributed by atoms with Crippen molar-refractivity contribution in [1.82, 2.24) is 4.98 Å². The van der Waals surface area contributed by atoms with Gasteiger partial charge >= 0.3 is 0 Å². The van der Waals surface area contributed by atoms with Gasteiger partial charge < -0.3 is 10.1 Å². The minimum atomic E-state index is -0.454. The predicted molar refractivity (Wildman–Crippen MR) is 130 cm³/mol. The molecule has 1 heterocycles. The van der Waals surface area contributed by atoms with E-state index in [1.54, 1.807) is 17.4 Å². The molecular formula is C26H21N3O2S. The Morgan fingerprint density at radius 3 is 2.56 bits per heavy atom. The standard InChI is InChI=1S/C26H21N3O2S/c1-3-31-22-11-5-18(6-12-22)15-20(16-27)25(30)28-21-9-7-19(8-10-21)26-29-23-13-4-17(2)14-24(23)32-26/h4-15H,3H2,1-2H3,(H,28,30)/b20-15+. The molecule has 0 fully saturated rings. The number of nitrogens with zero attached hydrogens (tertiary/aromatic N) is 2. The highest BCUT2D eigenvalue weighted by molar-refractivity contribution is 7.21. The summed E-state index contributed by atoms with van der Waals surface area (Å²) in [4.78, 5) is 17.3. The van der Waals surface area contributed by atoms with Crippen molar-refractivity contribution in [3.63, 3.8) is 0 Å². The van der Waals surface area contributed by atoms with E-state index in [0.29, 0.717) is 12.3 Å². The zero-order valence-electron chi connectivity index (χ0n) is 17.8. The maximum atomic E-state index is 12.6. The van der Waals surface area contributed by atoms with Crippen LogP contribution < -0.4 is 10.1 Å². The number of hydrogen-bond donors (Lipinski definition) is 1. The molecule has 3 aromatic carbocycles. The summed E-state index contributed by atoms with van der Waals surface area (Å²) >= 11 is 1.64. The SMILES string of the molecule is CCOc1ccc(/C=C(\C#N)C(=O)Nc2ccc(-c3nc4ccc(C)cc4s3)cc2)cc1. The fourth-order valence-corrected chi connectivity index (χ4v) is 4.26. The van der Waals surface area contributed by atoms with Crippen LogP contribution in [0.1, 0.15) is 18.1 Å². The van der Waals surface area contributed by atoms with Crippen LogP contribution in [0.2, 0.25) is 0 Å². The number of nitrogens with one attached hydrogen (secondary N) is 1. The fraction of sp³-hybridized carbons (Fsp3) is 0.115. The van der Waals surface area contributed by atoms with Gasteiger partial charge in [0.1, 0.15) is 22.4 Å². The van der Waals surface area contributed by atoms with Crippen molar-refractivity contribution in [3.05, 3.63) is 83.4 Å². The Kier molecular flexibility index (Phi) is 6.29. The Morgan fingerprint density at radius 1 is 1.12 bits per heavy atom. The number of hydrogen-bond acceptors (Lipinski definition) is 5. The van der Waals surface area contributed by atoms with Gasteiger partial charge in [-0.3, -0.25) is 4.79 Å². The molecule has 0 aliphatic heterocycles. The number of amides is 1. The number of benzene rings is 3. The predicted octanol–water partition coefficient (Wildman–Crippen LogP) is 6.22. The van der Waals surface area contributed by atoms with Gasteiger partial charge in [0, 0.05) is 11.3 Å². The highest BCUT2D eigenvalue weighted by Gasteiger charge is 2.11. The number of thiazole rings is 1. The number of fused-ring (bicyclic) bond motifs is 1. The van der Waals surface area contributed by atoms with Crippen LogP contribution in [0, 0.1) is 18.3 Å². The Balaban J connectivity index is 1.47. The number of ether oxygens (including phenoxy) is 1. The normalized spacial score (nSPS) is 11.2. The van der Waals surface area contributed by atoms with Crippen molar-refractivity contribution in [2.45, 2.75) is 13.8 Å². The Bertz CT molecular complexity index is 1330. The zero-order valence-corrected chi connectivity index (χ0v) is 18.6. The molecule has 4 aromatic rings. The number of nitriles is 1. The molecule has 0 spiro atoms. The van der Waals surface area contributed by atoms with Gasteiger partial charge in [-0.2, -0.15) is 5.26 Å². The lowest BCUT2D eigenvalue weighted by Gasteiger charge is -2.06. The number of anilines is 1. The Labute approximate surface area is 190 Å². The maximum absolute atomic E-state index is 12.6. The van der Waals surface area contributed by atoms with E-state index in [1.165, 1.54) is 5.56 Å². The van der Waals surface area contributed by atoms with Gasteiger partial charge in [0.25, 0.3) is 5.91 Å². The molecule has 0 aliphatic rings. The lowest BCUT2D eigenvalue weighted by molar-refractivity contribution is -0.112. The van der Waals surface area contributed by atoms with Gasteiger partial charge in [-0.1, -0.05) is 18.2 Å². The molecule has 0 bridgehead atoms. The first-order valence-corrected chi connectivity index (χ1v) is 11.0. The molecule has 0 aliphatic carbocycles. The van der Waals surface area contributed by atoms with Crippen LogP contribution in [0.3, 0.4) is 0 Å². The van der Waals surface area contributed by atoms with Gasteiger partial charge in [-0.05, 0) is 79.6 Å². The molecule has 158 valence electrons. The Hall–Kier alpha value is -3.95. The number of rotatable bonds is 6. The van der Waals surface area contributed by atoms with Crippen molar-refractivity contribution in [2.75, 3.05) is 11.9 Å². The second-order valence-electron chi connectivity index (χ2n) is 7.19. The van der Waals surface area contributed by atoms with Gasteiger partial charge in [-0.15, -0.1) is 11.3 Å². The topological polar surface area (TPSA) is 75.0 Å². The molecule has 1 aromatic heterocycles. The van der Waals surface area contributed by atoms with Crippen LogP contribution in [0.4, 0.5) is 5.69 Å². The molecule has 32 heavy (non-hydrogen) atoms. The van der Waals surface area contributed by atoms with E-state index in [-0.39, 0.29) is 5.57 Å². The van der Waals surface area contributed by atoms with E-state index in [0.717, 1.165) is 32.1 Å². The summed E-state index contributed by atoms with van der Waals surface area (Å²) in [5.41, 5.74) is 4.56. The number of aromatic nitrogens is 1. The quantitative estimate of drug-likeness (QED) is 0.286. The lowest BCUT2D eigenvalue weighted by atomic mass is 10.1. The van der Waals surface area contributed by atoms with E-state index in [9.17, 15) is 10.1 Å². The second-order valence-corrected chi connectivity index (χ2v) is 8.22. The first-order valence-electron chi connectivity index (χ1n) is 10.2. The van der Waals surface area contributed by atoms with Gasteiger partial charge in [0.15, 0.2) is 0 Å². The molecule has 1 N–H and O–H groups in total. The molecule has 1 amide bonds. The second kappa shape index (κ2) is 9.46. The van der Waals surface area contributed by atoms with E-state index in [1.807, 2.05) is 67.6 Å². The summed E-state index contributed by atoms with van der Waals surface area (Å²) in [6, 6.07) is 22.9. The molecular weight excluding hydrogens is 418 g/mol. The molecule has 0 atom stereocenters. The summed E-state index contributed by atoms with van der Waals surface area (Å²) in [7, 11) is 0. The molecule has 0 saturated carbocycles. The van der Waals surface area contributed by atoms with Crippen molar-refractivity contribution >= 4 is 39.2 Å².